The number of para-hydroxylation sites is 3. The van der Waals surface area contributed by atoms with Gasteiger partial charge in [0.05, 0.1) is 52.6 Å². The molecule has 10 aromatic rings. The summed E-state index contributed by atoms with van der Waals surface area (Å²) in [7, 11) is 0. The van der Waals surface area contributed by atoms with Gasteiger partial charge in [-0.05, 0) is 87.9 Å². The molecule has 0 aliphatic carbocycles. The molecule has 1 aromatic heterocycles. The third-order valence-electron chi connectivity index (χ3n) is 9.25. The van der Waals surface area contributed by atoms with Crippen LogP contribution in [0.4, 0.5) is 17.1 Å². The zero-order chi connectivity index (χ0) is 56.4. The average molecular weight is 737 g/mol. The maximum Gasteiger partial charge on any atom is 0.0645 e. The van der Waals surface area contributed by atoms with Crippen LogP contribution in [0.15, 0.2) is 230 Å². The van der Waals surface area contributed by atoms with E-state index < -0.39 is 172 Å². The summed E-state index contributed by atoms with van der Waals surface area (Å²) in [4.78, 5) is 0.506. The largest absolute Gasteiger partial charge is 0.310 e. The van der Waals surface area contributed by atoms with Crippen molar-refractivity contribution in [3.8, 4) is 50.2 Å². The van der Waals surface area contributed by atoms with Crippen LogP contribution in [0.3, 0.4) is 0 Å². The summed E-state index contributed by atoms with van der Waals surface area (Å²) in [5.41, 5.74) is -2.04. The van der Waals surface area contributed by atoms with Gasteiger partial charge in [0.1, 0.15) is 0 Å². The summed E-state index contributed by atoms with van der Waals surface area (Å²) in [6.45, 7) is 0. The quantitative estimate of drug-likeness (QED) is 0.151. The molecule has 0 radical (unpaired) electrons. The first-order chi connectivity index (χ1) is 37.0. The van der Waals surface area contributed by atoms with Crippen LogP contribution in [0.2, 0.25) is 0 Å². The molecule has 0 atom stereocenters. The highest BCUT2D eigenvalue weighted by Crippen LogP contribution is 2.43. The molecule has 264 valence electrons. The molecule has 0 bridgehead atoms. The van der Waals surface area contributed by atoms with Gasteiger partial charge >= 0.3 is 0 Å². The van der Waals surface area contributed by atoms with Crippen LogP contribution in [0, 0.1) is 0 Å². The van der Waals surface area contributed by atoms with Crippen LogP contribution in [0.5, 0.6) is 0 Å². The van der Waals surface area contributed by atoms with Gasteiger partial charge in [0, 0.05) is 33.3 Å². The molecule has 1 heterocycles. The number of anilines is 3. The monoisotopic (exact) mass is 736 g/mol. The number of nitrogens with zero attached hydrogens (tertiary/aromatic N) is 2. The molecule has 2 nitrogen and oxygen atoms in total. The Hall–Kier alpha value is -7.42. The molecule has 56 heavy (non-hydrogen) atoms. The molecule has 0 saturated carbocycles. The molecule has 0 aliphatic rings. The van der Waals surface area contributed by atoms with Gasteiger partial charge in [-0.15, -0.1) is 0 Å². The SMILES string of the molecule is [2H]c1c([2H])c([2H])c(-c2c([2H])c([2H])c(N(c3c([2H])c([2H])c(-c4ccc5c(c4)c4ccccc4n5-c4ccccc4-c4ccccc4)c([2H])c3[2H])c3c([2H])c([2H])c([2H])c([2H])c3-c3c([2H])c([2H])c([2H])c([2H])c3[2H])c([2H])c2[2H])c([2H])c1[2H]. The minimum atomic E-state index is -1.14. The summed E-state index contributed by atoms with van der Waals surface area (Å²) in [5, 5.41) is 1.42. The van der Waals surface area contributed by atoms with E-state index in [1.807, 2.05) is 78.9 Å². The number of fused-ring (bicyclic) bond motifs is 3. The fourth-order valence-corrected chi connectivity index (χ4v) is 6.76. The van der Waals surface area contributed by atoms with Gasteiger partial charge < -0.3 is 9.47 Å². The smallest absolute Gasteiger partial charge is 0.0645 e. The zero-order valence-electron chi connectivity index (χ0n) is 51.1. The summed E-state index contributed by atoms with van der Waals surface area (Å²) >= 11 is 0. The topological polar surface area (TPSA) is 8.17 Å². The van der Waals surface area contributed by atoms with Crippen LogP contribution >= 0.6 is 0 Å². The molecule has 0 fully saturated rings. The fraction of sp³-hybridized carbons (Fsp3) is 0. The minimum absolute atomic E-state index is 0.186. The van der Waals surface area contributed by atoms with Crippen molar-refractivity contribution in [2.75, 3.05) is 4.90 Å². The lowest BCUT2D eigenvalue weighted by atomic mass is 10.00. The molecule has 9 aromatic carbocycles. The van der Waals surface area contributed by atoms with E-state index in [2.05, 4.69) is 4.57 Å². The van der Waals surface area contributed by atoms with E-state index in [-0.39, 0.29) is 11.1 Å². The zero-order valence-corrected chi connectivity index (χ0v) is 29.1. The highest BCUT2D eigenvalue weighted by atomic mass is 15.1. The Morgan fingerprint density at radius 1 is 0.357 bits per heavy atom. The molecule has 0 aliphatic heterocycles. The standard InChI is InChI=1S/C54H38N2/c1-4-16-39(17-5-1)40-28-33-45(34-29-40)55(51-25-13-10-22-47(51)42-18-6-2-7-19-42)46-35-30-41(31-36-46)44-32-37-54-50(38-44)49-24-12-15-27-53(49)56(54)52-26-14-11-23-48(52)43-20-8-3-9-21-43/h1-38H/i1D,2D,4D,5D,6D,7D,10D,13D,16D,17D,18D,19D,22D,25D,28D,29D,30D,31D,33D,34D,35D,36D. The van der Waals surface area contributed by atoms with Crippen molar-refractivity contribution in [3.63, 3.8) is 0 Å². The molecular formula is C54H38N2. The van der Waals surface area contributed by atoms with Crippen molar-refractivity contribution in [2.24, 2.45) is 0 Å². The first-order valence-corrected chi connectivity index (χ1v) is 17.4. The Kier molecular flexibility index (Phi) is 4.48. The highest BCUT2D eigenvalue weighted by molar-refractivity contribution is 6.11. The van der Waals surface area contributed by atoms with E-state index in [9.17, 15) is 13.7 Å². The van der Waals surface area contributed by atoms with Crippen LogP contribution in [0.1, 0.15) is 30.2 Å². The molecule has 0 amide bonds. The van der Waals surface area contributed by atoms with Gasteiger partial charge in [-0.3, -0.25) is 0 Å². The molecule has 0 N–H and O–H groups in total. The lowest BCUT2D eigenvalue weighted by Crippen LogP contribution is -2.11. The predicted octanol–water partition coefficient (Wildman–Crippen LogP) is 14.9. The molecule has 0 spiro atoms. The van der Waals surface area contributed by atoms with Gasteiger partial charge in [-0.25, -0.2) is 0 Å². The van der Waals surface area contributed by atoms with Crippen LogP contribution in [-0.4, -0.2) is 4.57 Å². The fourth-order valence-electron chi connectivity index (χ4n) is 6.76. The van der Waals surface area contributed by atoms with E-state index in [1.54, 1.807) is 18.2 Å². The van der Waals surface area contributed by atoms with Crippen LogP contribution < -0.4 is 4.90 Å². The number of hydrogen-bond donors (Lipinski definition) is 0. The third-order valence-corrected chi connectivity index (χ3v) is 9.25. The van der Waals surface area contributed by atoms with Gasteiger partial charge in [-0.2, -0.15) is 0 Å². The van der Waals surface area contributed by atoms with Gasteiger partial charge in [0.2, 0.25) is 0 Å². The van der Waals surface area contributed by atoms with E-state index in [4.69, 9.17) is 16.4 Å². The second-order valence-corrected chi connectivity index (χ2v) is 12.5. The summed E-state index contributed by atoms with van der Waals surface area (Å²) in [6.07, 6.45) is 0. The first-order valence-electron chi connectivity index (χ1n) is 28.4. The number of benzene rings is 9. The lowest BCUT2D eigenvalue weighted by molar-refractivity contribution is 1.18. The van der Waals surface area contributed by atoms with Crippen molar-refractivity contribution in [1.29, 1.82) is 0 Å². The number of aromatic nitrogens is 1. The van der Waals surface area contributed by atoms with Crippen LogP contribution in [-0.2, 0) is 0 Å². The second-order valence-electron chi connectivity index (χ2n) is 12.5. The Morgan fingerprint density at radius 2 is 0.911 bits per heavy atom. The number of rotatable bonds is 8. The summed E-state index contributed by atoms with van der Waals surface area (Å²) in [6, 6.07) is 9.02. The van der Waals surface area contributed by atoms with E-state index in [1.165, 1.54) is 0 Å². The molecule has 0 saturated heterocycles. The molecular weight excluding hydrogens is 677 g/mol. The molecule has 0 unspecified atom stereocenters. The average Bonchev–Trinajstić information content (AvgIpc) is 3.94. The number of hydrogen-bond acceptors (Lipinski definition) is 1. The normalized spacial score (nSPS) is 16.7. The Balaban J connectivity index is 1.30. The van der Waals surface area contributed by atoms with Crippen molar-refractivity contribution in [3.05, 3.63) is 230 Å². The van der Waals surface area contributed by atoms with Crippen LogP contribution in [0.25, 0.3) is 72.0 Å². The van der Waals surface area contributed by atoms with Gasteiger partial charge in [-0.1, -0.05) is 176 Å². The Labute approximate surface area is 358 Å². The Bertz CT molecular complexity index is 4130. The van der Waals surface area contributed by atoms with Crippen molar-refractivity contribution >= 4 is 38.9 Å². The molecule has 2 heteroatoms. The van der Waals surface area contributed by atoms with Crippen molar-refractivity contribution in [2.45, 2.75) is 0 Å². The highest BCUT2D eigenvalue weighted by Gasteiger charge is 2.19. The maximum atomic E-state index is 9.78. The summed E-state index contributed by atoms with van der Waals surface area (Å²) in [5.74, 6) is 0. The van der Waals surface area contributed by atoms with Gasteiger partial charge in [0.15, 0.2) is 0 Å². The first kappa shape index (κ1) is 17.4. The van der Waals surface area contributed by atoms with E-state index >= 15 is 0 Å². The van der Waals surface area contributed by atoms with Crippen molar-refractivity contribution < 1.29 is 30.2 Å². The maximum absolute atomic E-state index is 9.78. The van der Waals surface area contributed by atoms with E-state index in [0.29, 0.717) is 10.3 Å². The molecule has 10 rings (SSSR count). The predicted molar refractivity (Wildman–Crippen MR) is 237 cm³/mol. The summed E-state index contributed by atoms with van der Waals surface area (Å²) < 4.78 is 200. The lowest BCUT2D eigenvalue weighted by Gasteiger charge is -2.28. The Morgan fingerprint density at radius 3 is 1.64 bits per heavy atom. The van der Waals surface area contributed by atoms with Crippen molar-refractivity contribution in [1.82, 2.24) is 4.57 Å². The third kappa shape index (κ3) is 6.04. The second kappa shape index (κ2) is 14.4. The minimum Gasteiger partial charge on any atom is -0.310 e. The van der Waals surface area contributed by atoms with Gasteiger partial charge in [0.25, 0.3) is 0 Å². The van der Waals surface area contributed by atoms with E-state index in [0.717, 1.165) is 33.2 Å².